The fraction of sp³-hybridized carbons (Fsp3) is 0.409. The van der Waals surface area contributed by atoms with Crippen LogP contribution in [0.2, 0.25) is 0 Å². The van der Waals surface area contributed by atoms with Crippen molar-refractivity contribution in [3.8, 4) is 0 Å². The van der Waals surface area contributed by atoms with Crippen LogP contribution in [0, 0.1) is 0 Å². The molecule has 1 fully saturated rings. The molecule has 0 saturated carbocycles. The molecule has 1 amide bonds. The van der Waals surface area contributed by atoms with E-state index in [1.165, 1.54) is 0 Å². The van der Waals surface area contributed by atoms with E-state index in [0.717, 1.165) is 38.6 Å². The van der Waals surface area contributed by atoms with Crippen molar-refractivity contribution in [1.82, 2.24) is 4.98 Å². The van der Waals surface area contributed by atoms with Gasteiger partial charge in [0.1, 0.15) is 0 Å². The summed E-state index contributed by atoms with van der Waals surface area (Å²) in [7, 11) is 0. The molecule has 3 rings (SSSR count). The molecule has 1 aromatic heterocycles. The molecule has 1 saturated heterocycles. The standard InChI is InChI=1S/C22H24N2O10/c1-10(25)30-17-18(31-11(2)26)20(32-12(3)27)22(33-13(4)28)34-19(17)21(29)24-15-5-6-16-14(9-15)7-8-23-16/h5-9,17-20,22-23H,1-4H3,(H,24,29)/t17-,18-,19-,20+,22+/m0/s1. The zero-order valence-electron chi connectivity index (χ0n) is 18.9. The van der Waals surface area contributed by atoms with Gasteiger partial charge in [-0.25, -0.2) is 0 Å². The van der Waals surface area contributed by atoms with E-state index < -0.39 is 60.5 Å². The van der Waals surface area contributed by atoms with E-state index in [1.54, 1.807) is 30.5 Å². The quantitative estimate of drug-likeness (QED) is 0.458. The summed E-state index contributed by atoms with van der Waals surface area (Å²) < 4.78 is 26.4. The molecule has 2 aromatic rings. The minimum atomic E-state index is -1.62. The minimum Gasteiger partial charge on any atom is -0.455 e. The monoisotopic (exact) mass is 476 g/mol. The summed E-state index contributed by atoms with van der Waals surface area (Å²) in [5.74, 6) is -4.04. The van der Waals surface area contributed by atoms with Crippen LogP contribution in [0.3, 0.4) is 0 Å². The molecule has 0 aliphatic carbocycles. The number of rotatable bonds is 6. The van der Waals surface area contributed by atoms with Crippen LogP contribution in [0.1, 0.15) is 27.7 Å². The molecule has 1 aromatic carbocycles. The van der Waals surface area contributed by atoms with Crippen LogP contribution in [0.25, 0.3) is 10.9 Å². The molecule has 0 spiro atoms. The van der Waals surface area contributed by atoms with Gasteiger partial charge in [-0.05, 0) is 24.3 Å². The maximum absolute atomic E-state index is 13.2. The number of hydrogen-bond donors (Lipinski definition) is 2. The third-order valence-electron chi connectivity index (χ3n) is 4.76. The van der Waals surface area contributed by atoms with Crippen LogP contribution in [0.15, 0.2) is 30.5 Å². The minimum absolute atomic E-state index is 0.400. The molecule has 5 atom stereocenters. The molecular weight excluding hydrogens is 452 g/mol. The fourth-order valence-electron chi connectivity index (χ4n) is 3.59. The highest BCUT2D eigenvalue weighted by molar-refractivity contribution is 5.97. The number of aromatic amines is 1. The first-order valence-corrected chi connectivity index (χ1v) is 10.3. The summed E-state index contributed by atoms with van der Waals surface area (Å²) in [5, 5.41) is 3.47. The third kappa shape index (κ3) is 5.90. The van der Waals surface area contributed by atoms with Crippen LogP contribution in [0.4, 0.5) is 5.69 Å². The van der Waals surface area contributed by atoms with E-state index in [9.17, 15) is 24.0 Å². The second-order valence-corrected chi connectivity index (χ2v) is 7.53. The Morgan fingerprint density at radius 1 is 0.794 bits per heavy atom. The van der Waals surface area contributed by atoms with Crippen molar-refractivity contribution in [2.24, 2.45) is 0 Å². The summed E-state index contributed by atoms with van der Waals surface area (Å²) in [4.78, 5) is 63.2. The molecule has 12 nitrogen and oxygen atoms in total. The van der Waals surface area contributed by atoms with Gasteiger partial charge in [0.15, 0.2) is 18.3 Å². The lowest BCUT2D eigenvalue weighted by molar-refractivity contribution is -0.289. The fourth-order valence-corrected chi connectivity index (χ4v) is 3.59. The Kier molecular flexibility index (Phi) is 7.51. The van der Waals surface area contributed by atoms with Crippen LogP contribution in [-0.2, 0) is 47.7 Å². The van der Waals surface area contributed by atoms with Crippen molar-refractivity contribution in [2.45, 2.75) is 58.4 Å². The number of amides is 1. The Balaban J connectivity index is 1.97. The largest absolute Gasteiger partial charge is 0.455 e. The maximum atomic E-state index is 13.2. The van der Waals surface area contributed by atoms with E-state index in [-0.39, 0.29) is 0 Å². The topological polar surface area (TPSA) is 159 Å². The Bertz CT molecular complexity index is 1110. The van der Waals surface area contributed by atoms with E-state index in [1.807, 2.05) is 0 Å². The zero-order valence-corrected chi connectivity index (χ0v) is 18.9. The molecule has 0 radical (unpaired) electrons. The van der Waals surface area contributed by atoms with Crippen LogP contribution < -0.4 is 5.32 Å². The SMILES string of the molecule is CC(=O)O[C@@H]1O[C@H](C(=O)Nc2ccc3[nH]ccc3c2)[C@@H](OC(C)=O)[C@H](OC(C)=O)[C@H]1OC(C)=O. The van der Waals surface area contributed by atoms with Gasteiger partial charge in [0.05, 0.1) is 0 Å². The molecule has 0 bridgehead atoms. The normalized spacial score (nSPS) is 24.1. The van der Waals surface area contributed by atoms with E-state index in [0.29, 0.717) is 5.69 Å². The number of anilines is 1. The van der Waals surface area contributed by atoms with Crippen LogP contribution in [-0.4, -0.2) is 65.5 Å². The number of fused-ring (bicyclic) bond motifs is 1. The van der Waals surface area contributed by atoms with Crippen molar-refractivity contribution >= 4 is 46.4 Å². The highest BCUT2D eigenvalue weighted by atomic mass is 16.7. The number of benzene rings is 1. The Hall–Kier alpha value is -3.93. The summed E-state index contributed by atoms with van der Waals surface area (Å²) in [6.07, 6.45) is -6.01. The van der Waals surface area contributed by atoms with Gasteiger partial charge in [0.2, 0.25) is 12.4 Å². The summed E-state index contributed by atoms with van der Waals surface area (Å²) in [5.41, 5.74) is 1.25. The Morgan fingerprint density at radius 2 is 1.38 bits per heavy atom. The number of hydrogen-bond acceptors (Lipinski definition) is 10. The number of ether oxygens (including phenoxy) is 5. The van der Waals surface area contributed by atoms with Gasteiger partial charge in [-0.15, -0.1) is 0 Å². The van der Waals surface area contributed by atoms with Gasteiger partial charge in [-0.1, -0.05) is 0 Å². The van der Waals surface area contributed by atoms with Crippen molar-refractivity contribution in [3.05, 3.63) is 30.5 Å². The van der Waals surface area contributed by atoms with Crippen LogP contribution >= 0.6 is 0 Å². The van der Waals surface area contributed by atoms with Crippen molar-refractivity contribution < 1.29 is 47.7 Å². The Labute approximate surface area is 193 Å². The molecular formula is C22H24N2O10. The molecule has 1 aliphatic rings. The van der Waals surface area contributed by atoms with Gasteiger partial charge >= 0.3 is 23.9 Å². The lowest BCUT2D eigenvalue weighted by Gasteiger charge is -2.43. The average molecular weight is 476 g/mol. The van der Waals surface area contributed by atoms with Crippen molar-refractivity contribution in [2.75, 3.05) is 5.32 Å². The first kappa shape index (κ1) is 24.7. The Morgan fingerprint density at radius 3 is 2.00 bits per heavy atom. The highest BCUT2D eigenvalue weighted by Gasteiger charge is 2.55. The molecule has 1 aliphatic heterocycles. The first-order chi connectivity index (χ1) is 16.0. The maximum Gasteiger partial charge on any atom is 0.305 e. The number of carbonyl (C=O) groups is 5. The highest BCUT2D eigenvalue weighted by Crippen LogP contribution is 2.30. The number of carbonyl (C=O) groups excluding carboxylic acids is 5. The van der Waals surface area contributed by atoms with Crippen LogP contribution in [0.5, 0.6) is 0 Å². The molecule has 182 valence electrons. The van der Waals surface area contributed by atoms with Crippen molar-refractivity contribution in [1.29, 1.82) is 0 Å². The molecule has 2 heterocycles. The smallest absolute Gasteiger partial charge is 0.305 e. The predicted molar refractivity (Wildman–Crippen MR) is 114 cm³/mol. The number of H-pyrrole nitrogens is 1. The van der Waals surface area contributed by atoms with Crippen molar-refractivity contribution in [3.63, 3.8) is 0 Å². The summed E-state index contributed by atoms with van der Waals surface area (Å²) >= 11 is 0. The van der Waals surface area contributed by atoms with E-state index >= 15 is 0 Å². The second kappa shape index (κ2) is 10.3. The second-order valence-electron chi connectivity index (χ2n) is 7.53. The number of esters is 4. The van der Waals surface area contributed by atoms with Gasteiger partial charge in [-0.2, -0.15) is 0 Å². The lowest BCUT2D eigenvalue weighted by Crippen LogP contribution is -2.64. The summed E-state index contributed by atoms with van der Waals surface area (Å²) in [6, 6.07) is 6.88. The zero-order chi connectivity index (χ0) is 25.0. The molecule has 2 N–H and O–H groups in total. The molecule has 34 heavy (non-hydrogen) atoms. The van der Waals surface area contributed by atoms with Gasteiger partial charge < -0.3 is 34.0 Å². The summed E-state index contributed by atoms with van der Waals surface area (Å²) in [6.45, 7) is 4.31. The van der Waals surface area contributed by atoms with Gasteiger partial charge in [0.25, 0.3) is 5.91 Å². The average Bonchev–Trinajstić information content (AvgIpc) is 3.18. The number of aromatic nitrogens is 1. The van der Waals surface area contributed by atoms with E-state index in [2.05, 4.69) is 10.3 Å². The number of nitrogens with one attached hydrogen (secondary N) is 2. The van der Waals surface area contributed by atoms with Gasteiger partial charge in [0, 0.05) is 50.5 Å². The lowest BCUT2D eigenvalue weighted by atomic mass is 9.97. The molecule has 0 unspecified atom stereocenters. The predicted octanol–water partition coefficient (Wildman–Crippen LogP) is 1.19. The van der Waals surface area contributed by atoms with Gasteiger partial charge in [-0.3, -0.25) is 24.0 Å². The van der Waals surface area contributed by atoms with E-state index in [4.69, 9.17) is 23.7 Å². The third-order valence-corrected chi connectivity index (χ3v) is 4.76. The first-order valence-electron chi connectivity index (χ1n) is 10.3. The molecule has 12 heteroatoms.